The van der Waals surface area contributed by atoms with Crippen molar-refractivity contribution in [2.24, 2.45) is 0 Å². The fraction of sp³-hybridized carbons (Fsp3) is 0.353. The number of carbonyl (C=O) groups excluding carboxylic acids is 1. The van der Waals surface area contributed by atoms with Crippen molar-refractivity contribution in [2.75, 3.05) is 11.9 Å². The smallest absolute Gasteiger partial charge is 0.229 e. The number of carbonyl (C=O) groups is 1. The van der Waals surface area contributed by atoms with Crippen LogP contribution in [0.5, 0.6) is 0 Å². The molecule has 2 aromatic rings. The highest BCUT2D eigenvalue weighted by atomic mass is 32.2. The summed E-state index contributed by atoms with van der Waals surface area (Å²) in [5, 5.41) is 0. The van der Waals surface area contributed by atoms with E-state index in [4.69, 9.17) is 0 Å². The first kappa shape index (κ1) is 18.9. The predicted octanol–water partition coefficient (Wildman–Crippen LogP) is 2.90. The summed E-state index contributed by atoms with van der Waals surface area (Å²) in [7, 11) is -2.35. The fourth-order valence-electron chi connectivity index (χ4n) is 2.40. The molecule has 0 aliphatic heterocycles. The second-order valence-corrected chi connectivity index (χ2v) is 7.13. The van der Waals surface area contributed by atoms with Crippen molar-refractivity contribution >= 4 is 28.1 Å². The molecule has 0 spiro atoms. The Labute approximate surface area is 148 Å². The molecule has 0 aliphatic carbocycles. The second-order valence-electron chi connectivity index (χ2n) is 5.53. The van der Waals surface area contributed by atoms with Gasteiger partial charge in [-0.1, -0.05) is 13.8 Å². The van der Waals surface area contributed by atoms with Crippen molar-refractivity contribution in [3.05, 3.63) is 45.9 Å². The molecule has 0 N–H and O–H groups in total. The van der Waals surface area contributed by atoms with E-state index in [0.717, 1.165) is 17.0 Å². The summed E-state index contributed by atoms with van der Waals surface area (Å²) >= 11 is 0. The van der Waals surface area contributed by atoms with E-state index in [1.165, 1.54) is 17.0 Å². The van der Waals surface area contributed by atoms with Gasteiger partial charge in [0.15, 0.2) is 0 Å². The first-order chi connectivity index (χ1) is 11.8. The van der Waals surface area contributed by atoms with E-state index < -0.39 is 10.0 Å². The Bertz CT molecular complexity index is 839. The third-order valence-electron chi connectivity index (χ3n) is 3.91. The molecule has 2 rings (SSSR count). The molecular weight excluding hydrogens is 340 g/mol. The van der Waals surface area contributed by atoms with Gasteiger partial charge >= 0.3 is 0 Å². The number of aromatic nitrogens is 2. The molecule has 8 heteroatoms. The van der Waals surface area contributed by atoms with E-state index in [2.05, 4.69) is 14.7 Å². The van der Waals surface area contributed by atoms with Crippen LogP contribution < -0.4 is 4.90 Å². The summed E-state index contributed by atoms with van der Waals surface area (Å²) in [4.78, 5) is 20.6. The van der Waals surface area contributed by atoms with Gasteiger partial charge in [0.05, 0.1) is 4.90 Å². The average molecular weight is 361 g/mol. The van der Waals surface area contributed by atoms with Crippen molar-refractivity contribution < 1.29 is 13.2 Å². The first-order valence-electron chi connectivity index (χ1n) is 7.95. The van der Waals surface area contributed by atoms with Gasteiger partial charge in [-0.2, -0.15) is 0 Å². The van der Waals surface area contributed by atoms with E-state index in [1.54, 1.807) is 19.2 Å². The van der Waals surface area contributed by atoms with Gasteiger partial charge in [-0.15, -0.1) is 0 Å². The zero-order valence-corrected chi connectivity index (χ0v) is 15.5. The molecule has 25 heavy (non-hydrogen) atoms. The quantitative estimate of drug-likeness (QED) is 0.707. The first-order valence-corrected chi connectivity index (χ1v) is 9.39. The Morgan fingerprint density at radius 3 is 2.04 bits per heavy atom. The molecule has 1 aromatic carbocycles. The van der Waals surface area contributed by atoms with E-state index in [-0.39, 0.29) is 10.8 Å². The van der Waals surface area contributed by atoms with Crippen LogP contribution in [0.25, 0.3) is 4.72 Å². The standard InChI is InChI=1S/C17H21N4O3S/c1-5-15-12(3)16(6-2)19-17(18-15)20-25(23,24)14-9-7-13(8-10-14)21(4)11-22/h7-11H,5-6H2,1-4H3/q-1. The highest BCUT2D eigenvalue weighted by Gasteiger charge is 2.13. The minimum absolute atomic E-state index is 0.0239. The van der Waals surface area contributed by atoms with Crippen molar-refractivity contribution in [3.63, 3.8) is 0 Å². The van der Waals surface area contributed by atoms with Crippen LogP contribution in [0.1, 0.15) is 30.8 Å². The van der Waals surface area contributed by atoms with Gasteiger partial charge in [0.1, 0.15) is 0 Å². The Balaban J connectivity index is 2.34. The number of hydrogen-bond donors (Lipinski definition) is 0. The number of sulfonamides is 1. The Morgan fingerprint density at radius 2 is 1.60 bits per heavy atom. The van der Waals surface area contributed by atoms with Crippen LogP contribution in [0.4, 0.5) is 11.6 Å². The fourth-order valence-corrected chi connectivity index (χ4v) is 3.29. The van der Waals surface area contributed by atoms with E-state index >= 15 is 0 Å². The number of hydrogen-bond acceptors (Lipinski definition) is 5. The van der Waals surface area contributed by atoms with Gasteiger partial charge in [-0.25, -0.2) is 8.42 Å². The molecule has 1 amide bonds. The molecule has 1 heterocycles. The van der Waals surface area contributed by atoms with Gasteiger partial charge in [0, 0.05) is 18.7 Å². The maximum atomic E-state index is 12.5. The summed E-state index contributed by atoms with van der Waals surface area (Å²) in [6, 6.07) is 5.90. The minimum atomic E-state index is -3.93. The molecule has 0 unspecified atom stereocenters. The lowest BCUT2D eigenvalue weighted by molar-refractivity contribution is -0.107. The van der Waals surface area contributed by atoms with Crippen molar-refractivity contribution in [1.29, 1.82) is 0 Å². The maximum Gasteiger partial charge on any atom is 0.229 e. The minimum Gasteiger partial charge on any atom is -0.362 e. The van der Waals surface area contributed by atoms with E-state index in [0.29, 0.717) is 24.9 Å². The molecule has 0 saturated heterocycles. The molecule has 0 atom stereocenters. The van der Waals surface area contributed by atoms with Crippen molar-refractivity contribution in [1.82, 2.24) is 9.97 Å². The highest BCUT2D eigenvalue weighted by Crippen LogP contribution is 2.27. The lowest BCUT2D eigenvalue weighted by Crippen LogP contribution is -2.13. The molecule has 0 saturated carbocycles. The Kier molecular flexibility index (Phi) is 5.73. The third kappa shape index (κ3) is 4.14. The van der Waals surface area contributed by atoms with Gasteiger partial charge in [-0.05, 0) is 61.0 Å². The van der Waals surface area contributed by atoms with Gasteiger partial charge in [0.2, 0.25) is 16.4 Å². The maximum absolute atomic E-state index is 12.5. The van der Waals surface area contributed by atoms with Gasteiger partial charge < -0.3 is 14.9 Å². The third-order valence-corrected chi connectivity index (χ3v) is 5.18. The van der Waals surface area contributed by atoms with Crippen LogP contribution >= 0.6 is 0 Å². The normalized spacial score (nSPS) is 11.2. The molecule has 0 aliphatic rings. The van der Waals surface area contributed by atoms with Gasteiger partial charge in [0.25, 0.3) is 0 Å². The van der Waals surface area contributed by atoms with Crippen molar-refractivity contribution in [3.8, 4) is 0 Å². The largest absolute Gasteiger partial charge is 0.362 e. The average Bonchev–Trinajstić information content (AvgIpc) is 2.62. The molecule has 0 bridgehead atoms. The van der Waals surface area contributed by atoms with Crippen LogP contribution in [-0.2, 0) is 27.7 Å². The number of rotatable bonds is 7. The molecule has 0 fully saturated rings. The van der Waals surface area contributed by atoms with Crippen LogP contribution in [0.15, 0.2) is 29.2 Å². The second kappa shape index (κ2) is 7.60. The number of aryl methyl sites for hydroxylation is 2. The topological polar surface area (TPSA) is 94.3 Å². The van der Waals surface area contributed by atoms with Crippen LogP contribution in [0.2, 0.25) is 0 Å². The summed E-state index contributed by atoms with van der Waals surface area (Å²) in [5.74, 6) is -0.0478. The zero-order chi connectivity index (χ0) is 18.6. The number of benzene rings is 1. The predicted molar refractivity (Wildman–Crippen MR) is 96.6 cm³/mol. The summed E-state index contributed by atoms with van der Waals surface area (Å²) in [6.45, 7) is 5.84. The number of nitrogens with zero attached hydrogens (tertiary/aromatic N) is 4. The lowest BCUT2D eigenvalue weighted by Gasteiger charge is -2.20. The van der Waals surface area contributed by atoms with Crippen LogP contribution in [-0.4, -0.2) is 31.8 Å². The Morgan fingerprint density at radius 1 is 1.08 bits per heavy atom. The zero-order valence-electron chi connectivity index (χ0n) is 14.7. The number of anilines is 1. The summed E-state index contributed by atoms with van der Waals surface area (Å²) < 4.78 is 28.8. The van der Waals surface area contributed by atoms with Crippen LogP contribution in [0, 0.1) is 6.92 Å². The molecule has 1 aromatic heterocycles. The van der Waals surface area contributed by atoms with E-state index in [9.17, 15) is 13.2 Å². The monoisotopic (exact) mass is 361 g/mol. The SMILES string of the molecule is CCc1nc([N-]S(=O)(=O)c2ccc(N(C)C=O)cc2)nc(CC)c1C. The molecule has 0 radical (unpaired) electrons. The number of amides is 1. The molecular formula is C17H21N4O3S-. The molecule has 134 valence electrons. The lowest BCUT2D eigenvalue weighted by atomic mass is 10.1. The summed E-state index contributed by atoms with van der Waals surface area (Å²) in [5.41, 5.74) is 3.15. The highest BCUT2D eigenvalue weighted by molar-refractivity contribution is 7.94. The molecule has 7 nitrogen and oxygen atoms in total. The van der Waals surface area contributed by atoms with Crippen molar-refractivity contribution in [2.45, 2.75) is 38.5 Å². The van der Waals surface area contributed by atoms with E-state index in [1.807, 2.05) is 20.8 Å². The summed E-state index contributed by atoms with van der Waals surface area (Å²) in [6.07, 6.45) is 2.00. The van der Waals surface area contributed by atoms with Gasteiger partial charge in [-0.3, -0.25) is 9.52 Å². The van der Waals surface area contributed by atoms with Crippen LogP contribution in [0.3, 0.4) is 0 Å². The Hall–Kier alpha value is -2.48.